The predicted molar refractivity (Wildman–Crippen MR) is 130 cm³/mol. The number of amides is 3. The fourth-order valence-corrected chi connectivity index (χ4v) is 3.99. The number of benzene rings is 1. The van der Waals surface area contributed by atoms with Crippen LogP contribution in [0.25, 0.3) is 11.0 Å². The molecule has 0 unspecified atom stereocenters. The molecule has 1 saturated heterocycles. The van der Waals surface area contributed by atoms with Gasteiger partial charge >= 0.3 is 11.9 Å². The van der Waals surface area contributed by atoms with Crippen molar-refractivity contribution >= 4 is 46.6 Å². The van der Waals surface area contributed by atoms with Gasteiger partial charge in [0, 0.05) is 24.6 Å². The van der Waals surface area contributed by atoms with Crippen molar-refractivity contribution in [3.05, 3.63) is 57.5 Å². The van der Waals surface area contributed by atoms with Gasteiger partial charge in [0.15, 0.2) is 0 Å². The molecule has 4 rings (SSSR count). The number of carboxylic acids is 1. The van der Waals surface area contributed by atoms with Crippen molar-refractivity contribution in [1.82, 2.24) is 25.3 Å². The van der Waals surface area contributed by atoms with Gasteiger partial charge in [-0.2, -0.15) is 4.98 Å². The highest BCUT2D eigenvalue weighted by molar-refractivity contribution is 6.01. The van der Waals surface area contributed by atoms with Gasteiger partial charge in [-0.3, -0.25) is 24.2 Å². The first kappa shape index (κ1) is 26.1. The number of nitrogens with two attached hydrogens (primary N) is 1. The van der Waals surface area contributed by atoms with Crippen LogP contribution in [0.15, 0.2) is 35.3 Å². The monoisotopic (exact) mass is 524 g/mol. The topological polar surface area (TPSA) is 218 Å². The van der Waals surface area contributed by atoms with Crippen molar-refractivity contribution in [2.45, 2.75) is 44.6 Å². The second-order valence-corrected chi connectivity index (χ2v) is 8.63. The summed E-state index contributed by atoms with van der Waals surface area (Å²) in [5.41, 5.74) is 7.46. The third kappa shape index (κ3) is 5.86. The predicted octanol–water partition coefficient (Wildman–Crippen LogP) is 0.189. The first-order valence-corrected chi connectivity index (χ1v) is 11.7. The number of H-pyrrole nitrogens is 2. The summed E-state index contributed by atoms with van der Waals surface area (Å²) < 4.78 is 0. The second-order valence-electron chi connectivity index (χ2n) is 8.63. The van der Waals surface area contributed by atoms with Crippen LogP contribution in [0.1, 0.15) is 47.2 Å². The molecule has 1 aromatic carbocycles. The number of nitrogen functional groups attached to an aromatic ring is 1. The molecule has 3 amide bonds. The molecule has 14 nitrogen and oxygen atoms in total. The number of aromatic amines is 2. The van der Waals surface area contributed by atoms with Crippen LogP contribution >= 0.6 is 0 Å². The van der Waals surface area contributed by atoms with Crippen LogP contribution in [-0.4, -0.2) is 60.8 Å². The summed E-state index contributed by atoms with van der Waals surface area (Å²) in [6.45, 7) is 0. The van der Waals surface area contributed by atoms with E-state index in [1.165, 1.54) is 12.1 Å². The van der Waals surface area contributed by atoms with Crippen molar-refractivity contribution in [2.24, 2.45) is 0 Å². The zero-order chi connectivity index (χ0) is 27.4. The zero-order valence-electron chi connectivity index (χ0n) is 20.0. The molecule has 0 saturated carbocycles. The summed E-state index contributed by atoms with van der Waals surface area (Å²) in [4.78, 5) is 85.5. The molecule has 1 aliphatic heterocycles. The van der Waals surface area contributed by atoms with Crippen LogP contribution in [0.3, 0.4) is 0 Å². The summed E-state index contributed by atoms with van der Waals surface area (Å²) in [7, 11) is 0. The lowest BCUT2D eigenvalue weighted by Crippen LogP contribution is -2.41. The number of carbonyl (C=O) groups is 5. The van der Waals surface area contributed by atoms with E-state index in [9.17, 15) is 33.9 Å². The number of imide groups is 1. The van der Waals surface area contributed by atoms with Gasteiger partial charge in [-0.05, 0) is 42.5 Å². The number of anilines is 1. The molecule has 0 spiro atoms. The number of aliphatic carboxylic acids is 1. The molecule has 1 aliphatic rings. The van der Waals surface area contributed by atoms with Crippen LogP contribution in [-0.2, 0) is 36.9 Å². The first-order valence-electron chi connectivity index (χ1n) is 11.7. The molecule has 6 N–H and O–H groups in total. The minimum absolute atomic E-state index is 0.0184. The number of nitrogens with one attached hydrogen (secondary N) is 3. The molecule has 38 heavy (non-hydrogen) atoms. The average Bonchev–Trinajstić information content (AvgIpc) is 3.43. The number of aryl methyl sites for hydroxylation is 2. The Morgan fingerprint density at radius 2 is 1.79 bits per heavy atom. The second kappa shape index (κ2) is 10.9. The Morgan fingerprint density at radius 1 is 1.11 bits per heavy atom. The fraction of sp³-hybridized carbons (Fsp3) is 0.292. The molecule has 0 aliphatic carbocycles. The lowest BCUT2D eigenvalue weighted by atomic mass is 10.0. The SMILES string of the molecule is Nc1nc2[nH]cc(CCc3ccc(C(=O)N[C@@H](CCC(=O)ON4C(=O)CCC4=O)C(=O)O)cc3)c2c(=O)[nH]1. The standard InChI is InChI=1S/C24H24N6O8/c25-24-28-20-19(22(35)29-24)14(11-26-20)6-3-12-1-4-13(5-2-12)21(34)27-15(23(36)37)7-10-18(33)38-30-16(31)8-9-17(30)32/h1-2,4-5,11,15H,3,6-10H2,(H,27,34)(H,36,37)(H4,25,26,28,29,35)/t15-/m0/s1. The zero-order valence-corrected chi connectivity index (χ0v) is 20.0. The first-order chi connectivity index (χ1) is 18.1. The van der Waals surface area contributed by atoms with Crippen molar-refractivity contribution in [2.75, 3.05) is 5.73 Å². The van der Waals surface area contributed by atoms with E-state index in [0.29, 0.717) is 28.9 Å². The Bertz CT molecular complexity index is 1460. The number of carbonyl (C=O) groups excluding carboxylic acids is 4. The summed E-state index contributed by atoms with van der Waals surface area (Å²) in [6, 6.07) is 5.09. The van der Waals surface area contributed by atoms with Gasteiger partial charge in [-0.15, -0.1) is 5.06 Å². The molecule has 3 aromatic rings. The van der Waals surface area contributed by atoms with Gasteiger partial charge in [0.1, 0.15) is 11.7 Å². The van der Waals surface area contributed by atoms with Crippen molar-refractivity contribution < 1.29 is 33.9 Å². The average molecular weight is 524 g/mol. The Labute approximate surface area is 214 Å². The third-order valence-electron chi connectivity index (χ3n) is 5.98. The molecule has 198 valence electrons. The number of carboxylic acid groups (broad SMARTS) is 1. The van der Waals surface area contributed by atoms with Gasteiger partial charge in [0.05, 0.1) is 11.8 Å². The Balaban J connectivity index is 1.31. The molecular weight excluding hydrogens is 500 g/mol. The summed E-state index contributed by atoms with van der Waals surface area (Å²) >= 11 is 0. The number of hydroxylamine groups is 2. The van der Waals surface area contributed by atoms with Crippen LogP contribution in [0.4, 0.5) is 5.95 Å². The van der Waals surface area contributed by atoms with Crippen LogP contribution in [0, 0.1) is 0 Å². The normalized spacial score (nSPS) is 14.1. The highest BCUT2D eigenvalue weighted by atomic mass is 16.7. The van der Waals surface area contributed by atoms with Crippen molar-refractivity contribution in [1.29, 1.82) is 0 Å². The fourth-order valence-electron chi connectivity index (χ4n) is 3.99. The van der Waals surface area contributed by atoms with Gasteiger partial charge < -0.3 is 26.0 Å². The Morgan fingerprint density at radius 3 is 2.45 bits per heavy atom. The molecule has 3 heterocycles. The largest absolute Gasteiger partial charge is 0.480 e. The van der Waals surface area contributed by atoms with E-state index in [-0.39, 0.29) is 36.3 Å². The van der Waals surface area contributed by atoms with Gasteiger partial charge in [-0.1, -0.05) is 12.1 Å². The minimum atomic E-state index is -1.40. The molecule has 1 atom stereocenters. The lowest BCUT2D eigenvalue weighted by molar-refractivity contribution is -0.197. The number of aromatic nitrogens is 3. The van der Waals surface area contributed by atoms with E-state index in [4.69, 9.17) is 10.6 Å². The Kier molecular flexibility index (Phi) is 7.50. The summed E-state index contributed by atoms with van der Waals surface area (Å²) in [6.07, 6.45) is 1.90. The van der Waals surface area contributed by atoms with Crippen LogP contribution < -0.4 is 16.6 Å². The molecule has 14 heteroatoms. The lowest BCUT2D eigenvalue weighted by Gasteiger charge is -2.16. The number of nitrogens with zero attached hydrogens (tertiary/aromatic N) is 2. The summed E-state index contributed by atoms with van der Waals surface area (Å²) in [5, 5.41) is 12.6. The van der Waals surface area contributed by atoms with E-state index in [2.05, 4.69) is 20.3 Å². The Hall–Kier alpha value is -5.01. The van der Waals surface area contributed by atoms with E-state index in [0.717, 1.165) is 11.1 Å². The smallest absolute Gasteiger partial charge is 0.333 e. The number of hydrogen-bond donors (Lipinski definition) is 5. The highest BCUT2D eigenvalue weighted by Crippen LogP contribution is 2.17. The van der Waals surface area contributed by atoms with Crippen molar-refractivity contribution in [3.8, 4) is 0 Å². The van der Waals surface area contributed by atoms with Crippen molar-refractivity contribution in [3.63, 3.8) is 0 Å². The maximum absolute atomic E-state index is 12.6. The third-order valence-corrected chi connectivity index (χ3v) is 5.98. The van der Waals surface area contributed by atoms with Gasteiger partial charge in [0.2, 0.25) is 5.95 Å². The van der Waals surface area contributed by atoms with Gasteiger partial charge in [-0.25, -0.2) is 9.59 Å². The molecule has 2 aromatic heterocycles. The van der Waals surface area contributed by atoms with E-state index in [1.807, 2.05) is 0 Å². The quantitative estimate of drug-likeness (QED) is 0.227. The highest BCUT2D eigenvalue weighted by Gasteiger charge is 2.33. The molecule has 1 fully saturated rings. The number of rotatable bonds is 10. The maximum atomic E-state index is 12.6. The maximum Gasteiger partial charge on any atom is 0.333 e. The van der Waals surface area contributed by atoms with Crippen LogP contribution in [0.2, 0.25) is 0 Å². The molecular formula is C24H24N6O8. The van der Waals surface area contributed by atoms with Crippen LogP contribution in [0.5, 0.6) is 0 Å². The summed E-state index contributed by atoms with van der Waals surface area (Å²) in [5.74, 6) is -4.26. The number of fused-ring (bicyclic) bond motifs is 1. The minimum Gasteiger partial charge on any atom is -0.480 e. The van der Waals surface area contributed by atoms with E-state index >= 15 is 0 Å². The molecule has 0 radical (unpaired) electrons. The number of hydrogen-bond acceptors (Lipinski definition) is 9. The van der Waals surface area contributed by atoms with E-state index < -0.39 is 42.1 Å². The molecule has 0 bridgehead atoms. The van der Waals surface area contributed by atoms with E-state index in [1.54, 1.807) is 18.3 Å². The van der Waals surface area contributed by atoms with Gasteiger partial charge in [0.25, 0.3) is 23.3 Å².